The molecule has 0 bridgehead atoms. The number of benzene rings is 2. The number of rotatable bonds is 3. The molecular formula is C15H12O5. The van der Waals surface area contributed by atoms with Gasteiger partial charge in [-0.15, -0.1) is 0 Å². The van der Waals surface area contributed by atoms with E-state index in [1.165, 1.54) is 0 Å². The quantitative estimate of drug-likeness (QED) is 0.895. The highest BCUT2D eigenvalue weighted by Crippen LogP contribution is 2.43. The molecule has 1 heterocycles. The first-order valence-corrected chi connectivity index (χ1v) is 6.07. The van der Waals surface area contributed by atoms with Crippen LogP contribution in [0.15, 0.2) is 42.5 Å². The molecule has 2 N–H and O–H groups in total. The summed E-state index contributed by atoms with van der Waals surface area (Å²) in [6, 6.07) is 12.2. The summed E-state index contributed by atoms with van der Waals surface area (Å²) in [5, 5.41) is 18.8. The molecule has 0 saturated carbocycles. The number of aliphatic hydroxyl groups excluding tert-OH is 1. The van der Waals surface area contributed by atoms with E-state index < -0.39 is 12.1 Å². The third kappa shape index (κ3) is 1.98. The first-order valence-electron chi connectivity index (χ1n) is 6.07. The van der Waals surface area contributed by atoms with Crippen LogP contribution in [-0.4, -0.2) is 23.0 Å². The van der Waals surface area contributed by atoms with Crippen molar-refractivity contribution in [3.05, 3.63) is 48.0 Å². The summed E-state index contributed by atoms with van der Waals surface area (Å²) in [5.41, 5.74) is 1.64. The van der Waals surface area contributed by atoms with Crippen LogP contribution in [0.2, 0.25) is 0 Å². The Balaban J connectivity index is 2.16. The van der Waals surface area contributed by atoms with Gasteiger partial charge >= 0.3 is 5.97 Å². The van der Waals surface area contributed by atoms with E-state index in [1.807, 2.05) is 0 Å². The fourth-order valence-corrected chi connectivity index (χ4v) is 2.26. The molecule has 1 aliphatic heterocycles. The fourth-order valence-electron chi connectivity index (χ4n) is 2.26. The monoisotopic (exact) mass is 272 g/mol. The van der Waals surface area contributed by atoms with Gasteiger partial charge in [-0.25, -0.2) is 4.79 Å². The van der Waals surface area contributed by atoms with Crippen LogP contribution < -0.4 is 9.47 Å². The molecule has 0 amide bonds. The molecule has 20 heavy (non-hydrogen) atoms. The summed E-state index contributed by atoms with van der Waals surface area (Å²) in [6.07, 6.45) is -1.58. The molecule has 1 aliphatic rings. The zero-order valence-corrected chi connectivity index (χ0v) is 10.4. The molecule has 2 aromatic rings. The van der Waals surface area contributed by atoms with Crippen LogP contribution in [-0.2, 0) is 4.79 Å². The minimum absolute atomic E-state index is 0.135. The van der Waals surface area contributed by atoms with Crippen LogP contribution in [0, 0.1) is 0 Å². The first-order chi connectivity index (χ1) is 9.68. The smallest absolute Gasteiger partial charge is 0.337 e. The van der Waals surface area contributed by atoms with Crippen molar-refractivity contribution in [2.45, 2.75) is 6.10 Å². The third-order valence-corrected chi connectivity index (χ3v) is 3.18. The Morgan fingerprint density at radius 2 is 1.80 bits per heavy atom. The molecular weight excluding hydrogens is 260 g/mol. The highest BCUT2D eigenvalue weighted by molar-refractivity contribution is 5.82. The van der Waals surface area contributed by atoms with E-state index in [9.17, 15) is 9.90 Å². The molecule has 0 aromatic heterocycles. The Hall–Kier alpha value is -2.53. The average molecular weight is 272 g/mol. The van der Waals surface area contributed by atoms with Gasteiger partial charge in [-0.05, 0) is 17.2 Å². The van der Waals surface area contributed by atoms with E-state index in [4.69, 9.17) is 14.6 Å². The second-order valence-corrected chi connectivity index (χ2v) is 4.37. The molecule has 0 fully saturated rings. The summed E-state index contributed by atoms with van der Waals surface area (Å²) in [4.78, 5) is 11.0. The van der Waals surface area contributed by atoms with Gasteiger partial charge < -0.3 is 19.7 Å². The fraction of sp³-hybridized carbons (Fsp3) is 0.133. The first kappa shape index (κ1) is 12.5. The summed E-state index contributed by atoms with van der Waals surface area (Å²) in [6.45, 7) is 0.135. The number of aliphatic carboxylic acids is 1. The maximum Gasteiger partial charge on any atom is 0.337 e. The van der Waals surface area contributed by atoms with Gasteiger partial charge in [0.1, 0.15) is 0 Å². The zero-order chi connectivity index (χ0) is 14.1. The van der Waals surface area contributed by atoms with Crippen molar-refractivity contribution in [3.8, 4) is 22.6 Å². The van der Waals surface area contributed by atoms with Gasteiger partial charge in [0.05, 0.1) is 0 Å². The van der Waals surface area contributed by atoms with E-state index in [-0.39, 0.29) is 6.79 Å². The van der Waals surface area contributed by atoms with Gasteiger partial charge in [-0.3, -0.25) is 0 Å². The average Bonchev–Trinajstić information content (AvgIpc) is 2.94. The minimum atomic E-state index is -1.58. The molecule has 3 rings (SSSR count). The highest BCUT2D eigenvalue weighted by atomic mass is 16.7. The summed E-state index contributed by atoms with van der Waals surface area (Å²) in [7, 11) is 0. The van der Waals surface area contributed by atoms with E-state index in [2.05, 4.69) is 0 Å². The van der Waals surface area contributed by atoms with Crippen molar-refractivity contribution in [3.63, 3.8) is 0 Å². The van der Waals surface area contributed by atoms with E-state index in [0.29, 0.717) is 28.2 Å². The molecule has 5 nitrogen and oxygen atoms in total. The van der Waals surface area contributed by atoms with Gasteiger partial charge in [-0.1, -0.05) is 36.4 Å². The maximum atomic E-state index is 11.0. The van der Waals surface area contributed by atoms with Gasteiger partial charge in [0.2, 0.25) is 6.79 Å². The second kappa shape index (κ2) is 4.86. The van der Waals surface area contributed by atoms with Crippen molar-refractivity contribution in [1.82, 2.24) is 0 Å². The standard InChI is InChI=1S/C15H12O5/c16-13(15(17)18)10-5-2-1-4-9(10)11-6-3-7-12-14(11)20-8-19-12/h1-7,13,16H,8H2,(H,17,18). The lowest BCUT2D eigenvalue weighted by Gasteiger charge is -2.13. The minimum Gasteiger partial charge on any atom is -0.479 e. The van der Waals surface area contributed by atoms with Crippen LogP contribution >= 0.6 is 0 Å². The number of carboxylic acids is 1. The molecule has 0 radical (unpaired) electrons. The van der Waals surface area contributed by atoms with Crippen molar-refractivity contribution < 1.29 is 24.5 Å². The van der Waals surface area contributed by atoms with Crippen molar-refractivity contribution in [2.24, 2.45) is 0 Å². The highest BCUT2D eigenvalue weighted by Gasteiger charge is 2.24. The second-order valence-electron chi connectivity index (χ2n) is 4.37. The number of carbonyl (C=O) groups is 1. The predicted molar refractivity (Wildman–Crippen MR) is 70.6 cm³/mol. The molecule has 0 saturated heterocycles. The van der Waals surface area contributed by atoms with Gasteiger partial charge in [-0.2, -0.15) is 0 Å². The van der Waals surface area contributed by atoms with Gasteiger partial charge in [0.25, 0.3) is 0 Å². The maximum absolute atomic E-state index is 11.0. The molecule has 1 atom stereocenters. The number of para-hydroxylation sites is 1. The molecule has 0 aliphatic carbocycles. The third-order valence-electron chi connectivity index (χ3n) is 3.18. The van der Waals surface area contributed by atoms with E-state index in [1.54, 1.807) is 42.5 Å². The Kier molecular flexibility index (Phi) is 3.04. The van der Waals surface area contributed by atoms with Crippen LogP contribution in [0.1, 0.15) is 11.7 Å². The van der Waals surface area contributed by atoms with Crippen LogP contribution in [0.3, 0.4) is 0 Å². The zero-order valence-electron chi connectivity index (χ0n) is 10.4. The molecule has 0 spiro atoms. The number of ether oxygens (including phenoxy) is 2. The van der Waals surface area contributed by atoms with E-state index >= 15 is 0 Å². The predicted octanol–water partition coefficient (Wildman–Crippen LogP) is 2.20. The number of hydrogen-bond donors (Lipinski definition) is 2. The van der Waals surface area contributed by atoms with Gasteiger partial charge in [0.15, 0.2) is 17.6 Å². The van der Waals surface area contributed by atoms with Gasteiger partial charge in [0, 0.05) is 5.56 Å². The number of fused-ring (bicyclic) bond motifs is 1. The summed E-state index contributed by atoms with van der Waals surface area (Å²) < 4.78 is 10.7. The van der Waals surface area contributed by atoms with Crippen molar-refractivity contribution in [2.75, 3.05) is 6.79 Å². The number of carboxylic acid groups (broad SMARTS) is 1. The Bertz CT molecular complexity index is 665. The summed E-state index contributed by atoms with van der Waals surface area (Å²) >= 11 is 0. The Labute approximate surface area is 115 Å². The number of aliphatic hydroxyl groups is 1. The Morgan fingerprint density at radius 3 is 2.60 bits per heavy atom. The largest absolute Gasteiger partial charge is 0.479 e. The lowest BCUT2D eigenvalue weighted by atomic mass is 9.95. The van der Waals surface area contributed by atoms with E-state index in [0.717, 1.165) is 0 Å². The molecule has 102 valence electrons. The number of hydrogen-bond acceptors (Lipinski definition) is 4. The topological polar surface area (TPSA) is 76.0 Å². The normalized spacial score (nSPS) is 14.1. The van der Waals surface area contributed by atoms with Crippen LogP contribution in [0.25, 0.3) is 11.1 Å². The lowest BCUT2D eigenvalue weighted by Crippen LogP contribution is -2.11. The summed E-state index contributed by atoms with van der Waals surface area (Å²) in [5.74, 6) is -0.109. The van der Waals surface area contributed by atoms with Crippen molar-refractivity contribution >= 4 is 5.97 Å². The van der Waals surface area contributed by atoms with Crippen LogP contribution in [0.5, 0.6) is 11.5 Å². The molecule has 1 unspecified atom stereocenters. The molecule has 5 heteroatoms. The Morgan fingerprint density at radius 1 is 1.05 bits per heavy atom. The molecule has 2 aromatic carbocycles. The van der Waals surface area contributed by atoms with Crippen molar-refractivity contribution in [1.29, 1.82) is 0 Å². The lowest BCUT2D eigenvalue weighted by molar-refractivity contribution is -0.146. The SMILES string of the molecule is O=C(O)C(O)c1ccccc1-c1cccc2c1OCO2. The van der Waals surface area contributed by atoms with Crippen LogP contribution in [0.4, 0.5) is 0 Å².